The van der Waals surface area contributed by atoms with E-state index >= 15 is 0 Å². The van der Waals surface area contributed by atoms with E-state index in [0.717, 1.165) is 0 Å². The molecule has 0 saturated heterocycles. The summed E-state index contributed by atoms with van der Waals surface area (Å²) in [5.41, 5.74) is 0.0143. The first-order chi connectivity index (χ1) is 14.2. The van der Waals surface area contributed by atoms with Gasteiger partial charge in [0.2, 0.25) is 10.0 Å². The van der Waals surface area contributed by atoms with Crippen molar-refractivity contribution >= 4 is 27.0 Å². The van der Waals surface area contributed by atoms with Crippen LogP contribution < -0.4 is 15.1 Å². The molecule has 1 N–H and O–H groups in total. The van der Waals surface area contributed by atoms with Gasteiger partial charge in [-0.05, 0) is 38.1 Å². The van der Waals surface area contributed by atoms with Gasteiger partial charge in [-0.15, -0.1) is 0 Å². The second-order valence-corrected chi connectivity index (χ2v) is 8.48. The molecule has 30 heavy (non-hydrogen) atoms. The molecule has 9 heteroatoms. The van der Waals surface area contributed by atoms with Gasteiger partial charge < -0.3 is 13.9 Å². The molecule has 3 aromatic rings. The summed E-state index contributed by atoms with van der Waals surface area (Å²) in [6.45, 7) is 3.12. The van der Waals surface area contributed by atoms with Gasteiger partial charge in [0.15, 0.2) is 0 Å². The van der Waals surface area contributed by atoms with Crippen LogP contribution in [0.1, 0.15) is 29.8 Å². The van der Waals surface area contributed by atoms with E-state index in [9.17, 15) is 18.0 Å². The third kappa shape index (κ3) is 4.69. The number of carbonyl (C=O) groups excluding carboxylic acids is 1. The van der Waals surface area contributed by atoms with E-state index in [0.29, 0.717) is 16.7 Å². The van der Waals surface area contributed by atoms with Crippen molar-refractivity contribution in [2.24, 2.45) is 0 Å². The molecule has 2 aromatic carbocycles. The zero-order valence-corrected chi connectivity index (χ0v) is 17.5. The standard InChI is InChI=1S/C21H21NO7S/c1-13(2)22-30(25,26)19-7-5-4-6-17(19)21(24)28-12-14-10-20(23)29-18-11-15(27-3)8-9-16(14)18/h4-11,13,22H,12H2,1-3H3. The molecule has 0 aliphatic rings. The molecule has 0 atom stereocenters. The summed E-state index contributed by atoms with van der Waals surface area (Å²) < 4.78 is 43.1. The van der Waals surface area contributed by atoms with E-state index in [1.807, 2.05) is 0 Å². The van der Waals surface area contributed by atoms with E-state index in [1.165, 1.54) is 31.4 Å². The van der Waals surface area contributed by atoms with Crippen LogP contribution in [0.2, 0.25) is 0 Å². The van der Waals surface area contributed by atoms with Gasteiger partial charge in [0.05, 0.1) is 17.6 Å². The smallest absolute Gasteiger partial charge is 0.339 e. The highest BCUT2D eigenvalue weighted by Crippen LogP contribution is 2.24. The van der Waals surface area contributed by atoms with Crippen LogP contribution in [0.3, 0.4) is 0 Å². The second-order valence-electron chi connectivity index (χ2n) is 6.80. The molecule has 0 saturated carbocycles. The zero-order chi connectivity index (χ0) is 21.9. The first kappa shape index (κ1) is 21.5. The zero-order valence-electron chi connectivity index (χ0n) is 16.7. The largest absolute Gasteiger partial charge is 0.497 e. The minimum absolute atomic E-state index is 0.0976. The maximum Gasteiger partial charge on any atom is 0.339 e. The third-order valence-corrected chi connectivity index (χ3v) is 5.90. The maximum atomic E-state index is 12.7. The van der Waals surface area contributed by atoms with Crippen LogP contribution in [-0.4, -0.2) is 27.5 Å². The summed E-state index contributed by atoms with van der Waals surface area (Å²) in [7, 11) is -2.41. The van der Waals surface area contributed by atoms with Crippen molar-refractivity contribution in [3.05, 3.63) is 70.1 Å². The average molecular weight is 431 g/mol. The molecule has 0 aliphatic heterocycles. The molecule has 3 rings (SSSR count). The predicted molar refractivity (Wildman–Crippen MR) is 110 cm³/mol. The van der Waals surface area contributed by atoms with Gasteiger partial charge in [0.1, 0.15) is 17.9 Å². The number of hydrogen-bond acceptors (Lipinski definition) is 7. The number of ether oxygens (including phenoxy) is 2. The number of fused-ring (bicyclic) bond motifs is 1. The molecule has 0 aliphatic carbocycles. The van der Waals surface area contributed by atoms with Crippen LogP contribution in [0.5, 0.6) is 5.75 Å². The molecular weight excluding hydrogens is 410 g/mol. The lowest BCUT2D eigenvalue weighted by Gasteiger charge is -2.13. The molecule has 158 valence electrons. The number of methoxy groups -OCH3 is 1. The Labute approximate surface area is 173 Å². The number of rotatable bonds is 7. The Balaban J connectivity index is 1.90. The van der Waals surface area contributed by atoms with Crippen molar-refractivity contribution in [3.63, 3.8) is 0 Å². The lowest BCUT2D eigenvalue weighted by Crippen LogP contribution is -2.31. The van der Waals surface area contributed by atoms with E-state index in [2.05, 4.69) is 4.72 Å². The molecule has 0 fully saturated rings. The van der Waals surface area contributed by atoms with Gasteiger partial charge in [-0.1, -0.05) is 12.1 Å². The van der Waals surface area contributed by atoms with E-state index in [4.69, 9.17) is 13.9 Å². The Hall–Kier alpha value is -3.17. The average Bonchev–Trinajstić information content (AvgIpc) is 2.70. The number of nitrogens with one attached hydrogen (secondary N) is 1. The minimum Gasteiger partial charge on any atom is -0.497 e. The SMILES string of the molecule is COc1ccc2c(COC(=O)c3ccccc3S(=O)(=O)NC(C)C)cc(=O)oc2c1. The molecule has 1 aromatic heterocycles. The van der Waals surface area contributed by atoms with Gasteiger partial charge in [-0.25, -0.2) is 22.7 Å². The van der Waals surface area contributed by atoms with Crippen molar-refractivity contribution in [1.82, 2.24) is 4.72 Å². The van der Waals surface area contributed by atoms with Gasteiger partial charge in [-0.2, -0.15) is 0 Å². The van der Waals surface area contributed by atoms with Crippen molar-refractivity contribution in [2.45, 2.75) is 31.4 Å². The summed E-state index contributed by atoms with van der Waals surface area (Å²) >= 11 is 0. The molecule has 0 unspecified atom stereocenters. The molecule has 8 nitrogen and oxygen atoms in total. The van der Waals surface area contributed by atoms with Crippen LogP contribution in [-0.2, 0) is 21.4 Å². The summed E-state index contributed by atoms with van der Waals surface area (Å²) in [5, 5.41) is 0.575. The predicted octanol–water partition coefficient (Wildman–Crippen LogP) is 2.85. The van der Waals surface area contributed by atoms with E-state index in [1.54, 1.807) is 38.1 Å². The Morgan fingerprint density at radius 3 is 2.57 bits per heavy atom. The highest BCUT2D eigenvalue weighted by Gasteiger charge is 2.24. The lowest BCUT2D eigenvalue weighted by molar-refractivity contribution is 0.0469. The second kappa shape index (κ2) is 8.68. The van der Waals surface area contributed by atoms with E-state index in [-0.39, 0.29) is 28.7 Å². The number of carbonyl (C=O) groups is 1. The minimum atomic E-state index is -3.90. The number of esters is 1. The summed E-state index contributed by atoms with van der Waals surface area (Å²) in [4.78, 5) is 24.4. The molecular formula is C21H21NO7S. The number of hydrogen-bond donors (Lipinski definition) is 1. The topological polar surface area (TPSA) is 112 Å². The quantitative estimate of drug-likeness (QED) is 0.452. The van der Waals surface area contributed by atoms with E-state index < -0.39 is 21.6 Å². The fraction of sp³-hybridized carbons (Fsp3) is 0.238. The van der Waals surface area contributed by atoms with Gasteiger partial charge >= 0.3 is 11.6 Å². The summed E-state index contributed by atoms with van der Waals surface area (Å²) in [6, 6.07) is 11.6. The lowest BCUT2D eigenvalue weighted by atomic mass is 10.1. The third-order valence-electron chi connectivity index (χ3n) is 4.18. The van der Waals surface area contributed by atoms with Crippen molar-refractivity contribution in [2.75, 3.05) is 7.11 Å². The van der Waals surface area contributed by atoms with Crippen molar-refractivity contribution < 1.29 is 27.1 Å². The summed E-state index contributed by atoms with van der Waals surface area (Å²) in [5.74, 6) is -0.314. The van der Waals surface area contributed by atoms with Crippen molar-refractivity contribution in [3.8, 4) is 5.75 Å². The van der Waals surface area contributed by atoms with Crippen LogP contribution >= 0.6 is 0 Å². The molecule has 1 heterocycles. The number of benzene rings is 2. The molecule has 0 radical (unpaired) electrons. The maximum absolute atomic E-state index is 12.7. The Kier molecular flexibility index (Phi) is 6.23. The van der Waals surface area contributed by atoms with Crippen LogP contribution in [0.25, 0.3) is 11.0 Å². The Morgan fingerprint density at radius 2 is 1.87 bits per heavy atom. The van der Waals surface area contributed by atoms with Gasteiger partial charge in [-0.3, -0.25) is 0 Å². The normalized spacial score (nSPS) is 11.6. The molecule has 0 spiro atoms. The Morgan fingerprint density at radius 1 is 1.13 bits per heavy atom. The van der Waals surface area contributed by atoms with Gasteiger partial charge in [0.25, 0.3) is 0 Å². The van der Waals surface area contributed by atoms with Crippen LogP contribution in [0.15, 0.2) is 62.6 Å². The highest BCUT2D eigenvalue weighted by atomic mass is 32.2. The summed E-state index contributed by atoms with van der Waals surface area (Å²) in [6.07, 6.45) is 0. The van der Waals surface area contributed by atoms with Crippen molar-refractivity contribution in [1.29, 1.82) is 0 Å². The van der Waals surface area contributed by atoms with Crippen LogP contribution in [0.4, 0.5) is 0 Å². The number of sulfonamides is 1. The van der Waals surface area contributed by atoms with Gasteiger partial charge in [0, 0.05) is 29.1 Å². The fourth-order valence-electron chi connectivity index (χ4n) is 2.92. The van der Waals surface area contributed by atoms with Crippen LogP contribution in [0, 0.1) is 0 Å². The molecule has 0 amide bonds. The first-order valence-corrected chi connectivity index (χ1v) is 10.6. The Bertz CT molecular complexity index is 1250. The first-order valence-electron chi connectivity index (χ1n) is 9.10. The fourth-order valence-corrected chi connectivity index (χ4v) is 4.37. The monoisotopic (exact) mass is 431 g/mol. The highest BCUT2D eigenvalue weighted by molar-refractivity contribution is 7.89. The molecule has 0 bridgehead atoms.